The van der Waals surface area contributed by atoms with Crippen LogP contribution >= 0.6 is 0 Å². The predicted molar refractivity (Wildman–Crippen MR) is 329 cm³/mol. The number of rotatable bonds is 7. The minimum absolute atomic E-state index is 0.142. The van der Waals surface area contributed by atoms with Crippen molar-refractivity contribution >= 4 is 65.4 Å². The Kier molecular flexibility index (Phi) is 9.68. The maximum Gasteiger partial charge on any atom is 0.0547 e. The van der Waals surface area contributed by atoms with Gasteiger partial charge < -0.3 is 13.7 Å². The van der Waals surface area contributed by atoms with Crippen LogP contribution in [-0.4, -0.2) is 13.7 Å². The third kappa shape index (κ3) is 6.71. The van der Waals surface area contributed by atoms with Gasteiger partial charge in [-0.25, -0.2) is 0 Å². The Morgan fingerprint density at radius 1 is 0.218 bits per heavy atom. The highest BCUT2D eigenvalue weighted by atomic mass is 15.0. The molecule has 0 saturated heterocycles. The fourth-order valence-corrected chi connectivity index (χ4v) is 13.3. The van der Waals surface area contributed by atoms with Gasteiger partial charge in [-0.2, -0.15) is 0 Å². The van der Waals surface area contributed by atoms with E-state index in [0.717, 1.165) is 50.4 Å². The molecule has 0 fully saturated rings. The number of aromatic nitrogens is 3. The number of fused-ring (bicyclic) bond motifs is 12. The summed E-state index contributed by atoms with van der Waals surface area (Å²) >= 11 is 0. The molecule has 3 heterocycles. The summed E-state index contributed by atoms with van der Waals surface area (Å²) in [6, 6.07) is 102. The quantitative estimate of drug-likeness (QED) is 0.151. The second-order valence-electron chi connectivity index (χ2n) is 21.7. The zero-order valence-electron chi connectivity index (χ0n) is 43.3. The summed E-state index contributed by atoms with van der Waals surface area (Å²) < 4.78 is 7.32. The van der Waals surface area contributed by atoms with Gasteiger partial charge in [0.2, 0.25) is 0 Å². The fraction of sp³-hybridized carbons (Fsp3) is 0.0400. The van der Waals surface area contributed by atoms with Gasteiger partial charge in [0.1, 0.15) is 0 Å². The van der Waals surface area contributed by atoms with Crippen LogP contribution in [0.25, 0.3) is 138 Å². The zero-order valence-corrected chi connectivity index (χ0v) is 43.3. The molecule has 0 bridgehead atoms. The summed E-state index contributed by atoms with van der Waals surface area (Å²) in [6.45, 7) is 4.76. The average molecular weight is 994 g/mol. The summed E-state index contributed by atoms with van der Waals surface area (Å²) in [6.07, 6.45) is 0. The minimum Gasteiger partial charge on any atom is -0.309 e. The second-order valence-corrected chi connectivity index (χ2v) is 21.7. The van der Waals surface area contributed by atoms with E-state index in [1.807, 2.05) is 0 Å². The number of hydrogen-bond donors (Lipinski definition) is 0. The standard InChI is InChI=1S/C75H51N3/c1-75(2)67-28-14-9-23-59(67)60-36-33-48(45-68(60)75)51-39-52(49-34-37-65-63-26-12-15-29-69(63)76(73(65)46-49)56-19-5-3-6-20-56)41-53(40-51)55-42-54(43-58(44-55)78-71-31-17-10-24-61(71)62-25-11-18-32-72(62)78)50-35-38-66-64-27-13-16-30-70(64)77(74(66)47-50)57-21-7-4-8-22-57/h3-47H,1-2H3. The Labute approximate surface area is 452 Å². The van der Waals surface area contributed by atoms with E-state index in [1.165, 1.54) is 98.8 Å². The van der Waals surface area contributed by atoms with Crippen molar-refractivity contribution in [1.29, 1.82) is 0 Å². The van der Waals surface area contributed by atoms with Gasteiger partial charge in [0.05, 0.1) is 33.1 Å². The Hall–Kier alpha value is -9.96. The van der Waals surface area contributed by atoms with Gasteiger partial charge in [0.25, 0.3) is 0 Å². The first-order valence-corrected chi connectivity index (χ1v) is 27.1. The molecule has 15 aromatic rings. The normalized spacial score (nSPS) is 12.8. The van der Waals surface area contributed by atoms with Crippen molar-refractivity contribution < 1.29 is 0 Å². The van der Waals surface area contributed by atoms with E-state index >= 15 is 0 Å². The van der Waals surface area contributed by atoms with E-state index in [9.17, 15) is 0 Å². The molecule has 366 valence electrons. The molecule has 0 N–H and O–H groups in total. The van der Waals surface area contributed by atoms with Crippen LogP contribution in [-0.2, 0) is 5.41 Å². The van der Waals surface area contributed by atoms with Crippen molar-refractivity contribution in [2.24, 2.45) is 0 Å². The molecule has 0 amide bonds. The third-order valence-corrected chi connectivity index (χ3v) is 17.0. The molecule has 12 aromatic carbocycles. The molecule has 3 heteroatoms. The van der Waals surface area contributed by atoms with Crippen LogP contribution in [0.15, 0.2) is 273 Å². The molecule has 78 heavy (non-hydrogen) atoms. The van der Waals surface area contributed by atoms with Crippen molar-refractivity contribution in [2.45, 2.75) is 19.3 Å². The first kappa shape index (κ1) is 44.3. The lowest BCUT2D eigenvalue weighted by Gasteiger charge is -2.22. The number of nitrogens with zero attached hydrogens (tertiary/aromatic N) is 3. The average Bonchev–Trinajstić information content (AvgIpc) is 4.41. The van der Waals surface area contributed by atoms with Gasteiger partial charge in [-0.15, -0.1) is 0 Å². The summed E-state index contributed by atoms with van der Waals surface area (Å²) in [5, 5.41) is 7.44. The van der Waals surface area contributed by atoms with Crippen molar-refractivity contribution in [1.82, 2.24) is 13.7 Å². The number of benzene rings is 12. The van der Waals surface area contributed by atoms with Crippen molar-refractivity contribution in [3.8, 4) is 72.7 Å². The van der Waals surface area contributed by atoms with E-state index in [0.29, 0.717) is 0 Å². The first-order chi connectivity index (χ1) is 38.4. The molecular formula is C75H51N3. The van der Waals surface area contributed by atoms with Crippen LogP contribution in [0.2, 0.25) is 0 Å². The van der Waals surface area contributed by atoms with E-state index < -0.39 is 0 Å². The Bertz CT molecular complexity index is 4880. The Balaban J connectivity index is 0.964. The summed E-state index contributed by atoms with van der Waals surface area (Å²) in [5.74, 6) is 0. The molecule has 0 aliphatic heterocycles. The maximum absolute atomic E-state index is 2.47. The largest absolute Gasteiger partial charge is 0.309 e. The second kappa shape index (κ2) is 17.0. The lowest BCUT2D eigenvalue weighted by Crippen LogP contribution is -2.14. The van der Waals surface area contributed by atoms with Crippen LogP contribution in [0.3, 0.4) is 0 Å². The smallest absolute Gasteiger partial charge is 0.0547 e. The summed E-state index contributed by atoms with van der Waals surface area (Å²) in [5.41, 5.74) is 25.1. The van der Waals surface area contributed by atoms with Crippen LogP contribution in [0, 0.1) is 0 Å². The molecular weight excluding hydrogens is 943 g/mol. The number of para-hydroxylation sites is 6. The topological polar surface area (TPSA) is 14.8 Å². The maximum atomic E-state index is 2.47. The molecule has 3 nitrogen and oxygen atoms in total. The Morgan fingerprint density at radius 2 is 0.551 bits per heavy atom. The lowest BCUT2D eigenvalue weighted by molar-refractivity contribution is 0.660. The van der Waals surface area contributed by atoms with Crippen LogP contribution < -0.4 is 0 Å². The van der Waals surface area contributed by atoms with Gasteiger partial charge in [-0.05, 0) is 170 Å². The lowest BCUT2D eigenvalue weighted by atomic mass is 9.81. The fourth-order valence-electron chi connectivity index (χ4n) is 13.3. The van der Waals surface area contributed by atoms with Crippen molar-refractivity contribution in [2.75, 3.05) is 0 Å². The Morgan fingerprint density at radius 3 is 1.04 bits per heavy atom. The van der Waals surface area contributed by atoms with Crippen molar-refractivity contribution in [3.05, 3.63) is 284 Å². The monoisotopic (exact) mass is 993 g/mol. The summed E-state index contributed by atoms with van der Waals surface area (Å²) in [4.78, 5) is 0. The van der Waals surface area contributed by atoms with Crippen LogP contribution in [0.1, 0.15) is 25.0 Å². The van der Waals surface area contributed by atoms with Gasteiger partial charge in [-0.1, -0.05) is 184 Å². The molecule has 16 rings (SSSR count). The highest BCUT2D eigenvalue weighted by Crippen LogP contribution is 2.50. The molecule has 0 spiro atoms. The SMILES string of the molecule is CC1(C)c2ccccc2-c2ccc(-c3cc(-c4cc(-c5ccc6c7ccccc7n(-c7ccccc7)c6c5)cc(-n5c6ccccc6c6ccccc65)c4)cc(-c4ccc5c6ccccc6n(-c6ccccc6)c5c4)c3)cc21. The first-order valence-electron chi connectivity index (χ1n) is 27.1. The minimum atomic E-state index is -0.142. The molecule has 3 aromatic heterocycles. The predicted octanol–water partition coefficient (Wildman–Crippen LogP) is 20.0. The molecule has 0 radical (unpaired) electrons. The van der Waals surface area contributed by atoms with E-state index in [-0.39, 0.29) is 5.41 Å². The van der Waals surface area contributed by atoms with E-state index in [2.05, 4.69) is 301 Å². The van der Waals surface area contributed by atoms with Gasteiger partial charge in [-0.3, -0.25) is 0 Å². The number of hydrogen-bond acceptors (Lipinski definition) is 0. The molecule has 0 saturated carbocycles. The highest BCUT2D eigenvalue weighted by Gasteiger charge is 2.35. The molecule has 0 atom stereocenters. The molecule has 1 aliphatic rings. The third-order valence-electron chi connectivity index (χ3n) is 17.0. The van der Waals surface area contributed by atoms with Crippen molar-refractivity contribution in [3.63, 3.8) is 0 Å². The highest BCUT2D eigenvalue weighted by molar-refractivity contribution is 6.12. The van der Waals surface area contributed by atoms with Crippen LogP contribution in [0.5, 0.6) is 0 Å². The van der Waals surface area contributed by atoms with E-state index in [4.69, 9.17) is 0 Å². The van der Waals surface area contributed by atoms with E-state index in [1.54, 1.807) is 0 Å². The van der Waals surface area contributed by atoms with Crippen LogP contribution in [0.4, 0.5) is 0 Å². The van der Waals surface area contributed by atoms with Gasteiger partial charge in [0.15, 0.2) is 0 Å². The molecule has 1 aliphatic carbocycles. The van der Waals surface area contributed by atoms with Gasteiger partial charge in [0, 0.05) is 54.8 Å². The molecule has 0 unspecified atom stereocenters. The summed E-state index contributed by atoms with van der Waals surface area (Å²) in [7, 11) is 0. The van der Waals surface area contributed by atoms with Gasteiger partial charge >= 0.3 is 0 Å². The zero-order chi connectivity index (χ0) is 51.6.